The maximum absolute atomic E-state index is 6.38. The van der Waals surface area contributed by atoms with Gasteiger partial charge < -0.3 is 21.9 Å². The van der Waals surface area contributed by atoms with Gasteiger partial charge in [0.2, 0.25) is 0 Å². The van der Waals surface area contributed by atoms with E-state index in [2.05, 4.69) is 14.2 Å². The van der Waals surface area contributed by atoms with Crippen molar-refractivity contribution < 1.29 is 23.5 Å². The van der Waals surface area contributed by atoms with Crippen LogP contribution in [-0.4, -0.2) is 26.4 Å². The van der Waals surface area contributed by atoms with Crippen molar-refractivity contribution in [1.29, 1.82) is 0 Å². The molecule has 0 fully saturated rings. The van der Waals surface area contributed by atoms with Crippen molar-refractivity contribution in [2.24, 2.45) is 0 Å². The van der Waals surface area contributed by atoms with Crippen molar-refractivity contribution in [3.05, 3.63) is 17.2 Å². The van der Waals surface area contributed by atoms with Crippen LogP contribution >= 0.6 is 9.42 Å². The second-order valence-corrected chi connectivity index (χ2v) is 1.14. The van der Waals surface area contributed by atoms with E-state index in [4.69, 9.17) is 17.2 Å². The van der Waals surface area contributed by atoms with Crippen LogP contribution in [-0.2, 0) is 23.5 Å². The number of hydrogen-bond donors (Lipinski definition) is 0. The van der Waals surface area contributed by atoms with Gasteiger partial charge >= 0.3 is 28.2 Å². The molecule has 0 aliphatic heterocycles. The molecule has 0 radical (unpaired) electrons. The van der Waals surface area contributed by atoms with Gasteiger partial charge in [0.25, 0.3) is 0 Å². The first-order valence-corrected chi connectivity index (χ1v) is 5.78. The van der Waals surface area contributed by atoms with Crippen molar-refractivity contribution in [2.45, 2.75) is 6.92 Å². The first-order valence-electron chi connectivity index (χ1n) is 2.96. The molecule has 0 saturated carbocycles. The third-order valence-electron chi connectivity index (χ3n) is 0.431. The van der Waals surface area contributed by atoms with Crippen molar-refractivity contribution in [2.75, 3.05) is 26.4 Å². The van der Waals surface area contributed by atoms with E-state index in [1.54, 1.807) is 18.8 Å². The van der Waals surface area contributed by atoms with Crippen LogP contribution in [0.3, 0.4) is 0 Å². The minimum Gasteiger partial charge on any atom is -0.679 e. The Labute approximate surface area is 83.6 Å². The van der Waals surface area contributed by atoms with Crippen LogP contribution in [0.15, 0.2) is 0 Å². The largest absolute Gasteiger partial charge is 0.679 e. The summed E-state index contributed by atoms with van der Waals surface area (Å²) in [7, 11) is 4.61. The molecule has 0 bridgehead atoms. The molecule has 0 aliphatic carbocycles. The van der Waals surface area contributed by atoms with E-state index < -0.39 is 0 Å². The van der Waals surface area contributed by atoms with Gasteiger partial charge in [-0.25, -0.2) is 0 Å². The summed E-state index contributed by atoms with van der Waals surface area (Å²) in [5.41, 5.74) is 18.9. The maximum Gasteiger partial charge on any atom is -0.171 e. The van der Waals surface area contributed by atoms with Crippen LogP contribution in [0.4, 0.5) is 0 Å². The Morgan fingerprint density at radius 1 is 1.18 bits per heavy atom. The zero-order chi connectivity index (χ0) is 9.54. The fourth-order valence-electron chi connectivity index (χ4n) is 0.102. The van der Waals surface area contributed by atoms with E-state index in [1.165, 1.54) is 0 Å². The molecule has 0 aromatic heterocycles. The van der Waals surface area contributed by atoms with Gasteiger partial charge in [-0.3, -0.25) is 0 Å². The number of nitrogens with one attached hydrogen (secondary N) is 3. The van der Waals surface area contributed by atoms with E-state index in [9.17, 15) is 0 Å². The Hall–Kier alpha value is 0.818. The molecule has 6 heteroatoms. The molecule has 3 N–H and O–H groups in total. The molecule has 75 valence electrons. The van der Waals surface area contributed by atoms with Crippen molar-refractivity contribution in [1.82, 2.24) is 0 Å². The fraction of sp³-hybridized carbons (Fsp3) is 1.00. The van der Waals surface area contributed by atoms with Gasteiger partial charge in [0.1, 0.15) is 0 Å². The van der Waals surface area contributed by atoms with E-state index in [0.29, 0.717) is 6.61 Å². The predicted octanol–water partition coefficient (Wildman–Crippen LogP) is 2.81. The molecule has 0 atom stereocenters. The monoisotopic (exact) mass is 362 g/mol. The number of ether oxygens (including phenoxy) is 1. The summed E-state index contributed by atoms with van der Waals surface area (Å²) >= 11 is 1.61. The zero-order valence-corrected chi connectivity index (χ0v) is 9.46. The van der Waals surface area contributed by atoms with Gasteiger partial charge in [-0.2, -0.15) is 13.1 Å². The van der Waals surface area contributed by atoms with Crippen molar-refractivity contribution >= 4 is 9.42 Å². The van der Waals surface area contributed by atoms with Gasteiger partial charge in [0.05, 0.1) is 0 Å². The van der Waals surface area contributed by atoms with E-state index in [0.717, 1.165) is 0 Å². The third kappa shape index (κ3) is 57.7. The summed E-state index contributed by atoms with van der Waals surface area (Å²) in [5.74, 6) is 0. The second kappa shape index (κ2) is 30.8. The fourth-order valence-corrected chi connectivity index (χ4v) is 0.102. The SMILES string of the molecule is CCOC[NH-].[Cl][Pt].[NH-]CC[NH-]. The molecule has 0 aliphatic rings. The summed E-state index contributed by atoms with van der Waals surface area (Å²) < 4.78 is 4.50. The van der Waals surface area contributed by atoms with Crippen LogP contribution in [0.25, 0.3) is 17.2 Å². The van der Waals surface area contributed by atoms with Crippen LogP contribution in [0.5, 0.6) is 0 Å². The molecule has 11 heavy (non-hydrogen) atoms. The summed E-state index contributed by atoms with van der Waals surface area (Å²) in [5, 5.41) is 0. The van der Waals surface area contributed by atoms with Gasteiger partial charge in [-0.1, -0.05) is 0 Å². The minimum absolute atomic E-state index is 0.0938. The molecule has 0 amide bonds. The van der Waals surface area contributed by atoms with Gasteiger partial charge in [0.15, 0.2) is 0 Å². The maximum atomic E-state index is 6.38. The molecule has 4 nitrogen and oxygen atoms in total. The molecular weight excluding hydrogens is 349 g/mol. The molecule has 0 heterocycles. The van der Waals surface area contributed by atoms with E-state index in [1.807, 2.05) is 6.92 Å². The zero-order valence-electron chi connectivity index (χ0n) is 6.43. The van der Waals surface area contributed by atoms with Gasteiger partial charge in [-0.05, 0) is 13.7 Å². The molecule has 0 spiro atoms. The van der Waals surface area contributed by atoms with Crippen LogP contribution in [0.1, 0.15) is 6.92 Å². The number of rotatable bonds is 3. The third-order valence-corrected chi connectivity index (χ3v) is 0.431. The first-order chi connectivity index (χ1) is 5.33. The average molecular weight is 363 g/mol. The Morgan fingerprint density at radius 3 is 1.55 bits per heavy atom. The topological polar surface area (TPSA) is 80.6 Å². The quantitative estimate of drug-likeness (QED) is 0.760. The Kier molecular flexibility index (Phi) is 49.8. The summed E-state index contributed by atoms with van der Waals surface area (Å²) in [6, 6.07) is 0. The van der Waals surface area contributed by atoms with Crippen molar-refractivity contribution in [3.8, 4) is 0 Å². The molecule has 0 aromatic carbocycles. The average Bonchev–Trinajstić information content (AvgIpc) is 2.10. The standard InChI is InChI=1S/C3H8NO.C2H6N2.ClH.Pt/c1-2-5-3-4;3-1-2-4;;/h4H,2-3H2,1H3;3-4H,1-2H2;1H;/q-1;-2;;+1/p-1. The normalized spacial score (nSPS) is 7.18. The minimum atomic E-state index is 0.0938. The first kappa shape index (κ1) is 17.8. The Bertz CT molecular complexity index is 40.9. The van der Waals surface area contributed by atoms with Crippen molar-refractivity contribution in [3.63, 3.8) is 0 Å². The molecule has 0 aromatic rings. The van der Waals surface area contributed by atoms with Crippen LogP contribution < -0.4 is 0 Å². The molecule has 0 rings (SSSR count). The Balaban J connectivity index is -0.0000000965. The summed E-state index contributed by atoms with van der Waals surface area (Å²) in [6.45, 7) is 3.09. The van der Waals surface area contributed by atoms with E-state index in [-0.39, 0.29) is 19.8 Å². The summed E-state index contributed by atoms with van der Waals surface area (Å²) in [4.78, 5) is 0. The molecule has 0 saturated heterocycles. The Morgan fingerprint density at radius 2 is 1.55 bits per heavy atom. The van der Waals surface area contributed by atoms with Crippen LogP contribution in [0.2, 0.25) is 0 Å². The second-order valence-electron chi connectivity index (χ2n) is 1.14. The van der Waals surface area contributed by atoms with Crippen LogP contribution in [0, 0.1) is 0 Å². The van der Waals surface area contributed by atoms with Gasteiger partial charge in [-0.15, -0.1) is 0 Å². The van der Waals surface area contributed by atoms with Gasteiger partial charge in [0, 0.05) is 6.61 Å². The number of hydrogen-bond acceptors (Lipinski definition) is 1. The smallest absolute Gasteiger partial charge is 0.171 e. The predicted molar refractivity (Wildman–Crippen MR) is 45.0 cm³/mol. The molecular formula is C5H14ClN3OPt-3. The molecule has 0 unspecified atom stereocenters. The summed E-state index contributed by atoms with van der Waals surface area (Å²) in [6.07, 6.45) is 0. The number of halogens is 1. The van der Waals surface area contributed by atoms with E-state index >= 15 is 0 Å².